The summed E-state index contributed by atoms with van der Waals surface area (Å²) in [5, 5.41) is 53.7. The van der Waals surface area contributed by atoms with E-state index in [0.29, 0.717) is 0 Å². The number of phenolic OH excluding ortho intramolecular Hbond substituents is 2. The van der Waals surface area contributed by atoms with Crippen molar-refractivity contribution >= 4 is 41.3 Å². The van der Waals surface area contributed by atoms with Gasteiger partial charge in [0, 0.05) is 42.0 Å². The number of halogens is 1. The number of ketones is 3. The van der Waals surface area contributed by atoms with E-state index < -0.39 is 95.7 Å². The lowest BCUT2D eigenvalue weighted by Crippen LogP contribution is -2.53. The number of ether oxygens (including phenoxy) is 3. The Morgan fingerprint density at radius 2 is 1.82 bits per heavy atom. The predicted molar refractivity (Wildman–Crippen MR) is 147 cm³/mol. The van der Waals surface area contributed by atoms with Gasteiger partial charge in [-0.3, -0.25) is 14.4 Å². The number of nitrogens with two attached hydrogens (primary N) is 1. The Balaban J connectivity index is 0.00000370. The Morgan fingerprint density at radius 1 is 1.15 bits per heavy atom. The van der Waals surface area contributed by atoms with Crippen LogP contribution >= 0.6 is 24.0 Å². The van der Waals surface area contributed by atoms with Crippen LogP contribution < -0.4 is 10.5 Å². The summed E-state index contributed by atoms with van der Waals surface area (Å²) in [5.41, 5.74) is 2.37. The minimum Gasteiger partial charge on any atom is -0.507 e. The van der Waals surface area contributed by atoms with Gasteiger partial charge in [0.05, 0.1) is 42.1 Å². The molecule has 2 aliphatic carbocycles. The highest BCUT2D eigenvalue weighted by Gasteiger charge is 2.50. The van der Waals surface area contributed by atoms with Gasteiger partial charge in [0.1, 0.15) is 29.5 Å². The molecular weight excluding hydrogens is 641 g/mol. The van der Waals surface area contributed by atoms with Crippen molar-refractivity contribution in [3.05, 3.63) is 51.6 Å². The molecule has 1 saturated heterocycles. The molecule has 0 saturated carbocycles. The molecule has 0 spiro atoms. The summed E-state index contributed by atoms with van der Waals surface area (Å²) in [4.78, 5) is 39.7. The first-order valence-electron chi connectivity index (χ1n) is 12.4. The lowest BCUT2D eigenvalue weighted by Gasteiger charge is -2.42. The monoisotopic (exact) mass is 671 g/mol. The molecule has 2 aromatic rings. The molecule has 216 valence electrons. The lowest BCUT2D eigenvalue weighted by atomic mass is 9.72. The zero-order valence-electron chi connectivity index (χ0n) is 21.6. The summed E-state index contributed by atoms with van der Waals surface area (Å²) in [7, 11) is 1.32. The number of aromatic hydroxyl groups is 2. The molecule has 0 aromatic heterocycles. The van der Waals surface area contributed by atoms with Gasteiger partial charge in [-0.25, -0.2) is 0 Å². The van der Waals surface area contributed by atoms with Crippen molar-refractivity contribution in [2.45, 2.75) is 62.4 Å². The topological polar surface area (TPSA) is 206 Å². The number of benzene rings is 2. The number of aliphatic hydroxyl groups is 3. The number of rotatable bonds is 5. The Hall–Kier alpha value is -2.66. The minimum absolute atomic E-state index is 0. The second kappa shape index (κ2) is 11.0. The van der Waals surface area contributed by atoms with E-state index in [2.05, 4.69) is 0 Å². The quantitative estimate of drug-likeness (QED) is 0.163. The van der Waals surface area contributed by atoms with Crippen molar-refractivity contribution in [2.75, 3.05) is 13.7 Å². The first kappa shape index (κ1) is 30.3. The molecule has 3 aliphatic rings. The molecule has 6 atom stereocenters. The van der Waals surface area contributed by atoms with Gasteiger partial charge in [-0.05, 0) is 13.0 Å². The standard InChI is InChI=1S/C27H29NO11.HI/c1-10-22(31)13(28)6-17(38-10)39-15-8-27(36,16(30)9-29)7-12-19(15)26(35)21-20(24(12)33)23(32)11-4-3-5-14(37-2)18(11)25(21)34;/h3-5,10,13,15,17,22,29,31,33,35-36H,6-9,28H2,1-2H3;1H/t10-,13-,15-,17-,22+,27-;/m0./s1. The van der Waals surface area contributed by atoms with Gasteiger partial charge in [-0.1, -0.05) is 12.1 Å². The van der Waals surface area contributed by atoms with Crippen LogP contribution in [0.1, 0.15) is 68.8 Å². The number of carbonyl (C=O) groups is 3. The van der Waals surface area contributed by atoms with Crippen LogP contribution in [0.5, 0.6) is 17.2 Å². The first-order valence-corrected chi connectivity index (χ1v) is 12.4. The molecule has 5 rings (SSSR count). The second-order valence-electron chi connectivity index (χ2n) is 10.2. The fourth-order valence-corrected chi connectivity index (χ4v) is 5.75. The van der Waals surface area contributed by atoms with E-state index in [0.717, 1.165) is 0 Å². The van der Waals surface area contributed by atoms with Crippen molar-refractivity contribution in [2.24, 2.45) is 5.73 Å². The molecule has 12 nitrogen and oxygen atoms in total. The fourth-order valence-electron chi connectivity index (χ4n) is 5.75. The van der Waals surface area contributed by atoms with Gasteiger partial charge in [0.15, 0.2) is 17.9 Å². The number of Topliss-reactive ketones (excluding diaryl/α,β-unsaturated/α-hetero) is 1. The van der Waals surface area contributed by atoms with E-state index in [1.165, 1.54) is 25.3 Å². The molecule has 0 unspecified atom stereocenters. The third kappa shape index (κ3) is 4.58. The zero-order valence-corrected chi connectivity index (χ0v) is 23.9. The Morgan fingerprint density at radius 3 is 2.45 bits per heavy atom. The van der Waals surface area contributed by atoms with Crippen molar-refractivity contribution < 1.29 is 54.1 Å². The van der Waals surface area contributed by atoms with Crippen molar-refractivity contribution in [1.82, 2.24) is 0 Å². The number of fused-ring (bicyclic) bond motifs is 3. The summed E-state index contributed by atoms with van der Waals surface area (Å²) in [6.07, 6.45) is -5.12. The SMILES string of the molecule is COc1cccc2c1C(=O)c1c(O)c3c(c(O)c1C2=O)C[C@@](O)(C(=O)CO)C[C@@H]3O[C@H]1C[C@H](N)[C@H](O)[C@H](C)O1.I. The summed E-state index contributed by atoms with van der Waals surface area (Å²) in [6.45, 7) is 0.560. The third-order valence-electron chi connectivity index (χ3n) is 7.81. The molecular formula is C27H30INO11. The number of phenols is 2. The van der Waals surface area contributed by atoms with Gasteiger partial charge in [-0.2, -0.15) is 0 Å². The highest BCUT2D eigenvalue weighted by molar-refractivity contribution is 14.0. The van der Waals surface area contributed by atoms with E-state index in [1.807, 2.05) is 0 Å². The summed E-state index contributed by atoms with van der Waals surface area (Å²) < 4.78 is 17.0. The van der Waals surface area contributed by atoms with E-state index in [1.54, 1.807) is 6.92 Å². The molecule has 40 heavy (non-hydrogen) atoms. The van der Waals surface area contributed by atoms with Crippen LogP contribution in [-0.4, -0.2) is 86.7 Å². The van der Waals surface area contributed by atoms with Crippen molar-refractivity contribution in [3.8, 4) is 17.2 Å². The van der Waals surface area contributed by atoms with Crippen LogP contribution in [0.25, 0.3) is 0 Å². The predicted octanol–water partition coefficient (Wildman–Crippen LogP) is 0.619. The number of carbonyl (C=O) groups excluding carboxylic acids is 3. The van der Waals surface area contributed by atoms with Gasteiger partial charge in [0.2, 0.25) is 5.78 Å². The van der Waals surface area contributed by atoms with E-state index in [4.69, 9.17) is 19.9 Å². The number of aliphatic hydroxyl groups excluding tert-OH is 2. The van der Waals surface area contributed by atoms with Crippen LogP contribution in [0.4, 0.5) is 0 Å². The zero-order chi connectivity index (χ0) is 28.4. The van der Waals surface area contributed by atoms with E-state index in [-0.39, 0.29) is 58.4 Å². The van der Waals surface area contributed by atoms with Gasteiger partial charge < -0.3 is 45.5 Å². The molecule has 13 heteroatoms. The Kier molecular flexibility index (Phi) is 8.31. The Bertz CT molecular complexity index is 1380. The second-order valence-corrected chi connectivity index (χ2v) is 10.2. The number of methoxy groups -OCH3 is 1. The van der Waals surface area contributed by atoms with E-state index in [9.17, 15) is 39.9 Å². The van der Waals surface area contributed by atoms with Crippen molar-refractivity contribution in [3.63, 3.8) is 0 Å². The van der Waals surface area contributed by atoms with Gasteiger partial charge in [0.25, 0.3) is 0 Å². The average molecular weight is 671 g/mol. The third-order valence-corrected chi connectivity index (χ3v) is 7.81. The minimum atomic E-state index is -2.24. The normalized spacial score (nSPS) is 29.1. The number of hydrogen-bond acceptors (Lipinski definition) is 12. The highest BCUT2D eigenvalue weighted by atomic mass is 127. The van der Waals surface area contributed by atoms with Crippen LogP contribution in [0, 0.1) is 0 Å². The maximum atomic E-state index is 13.6. The molecule has 7 N–H and O–H groups in total. The molecule has 1 heterocycles. The molecule has 0 amide bonds. The smallest absolute Gasteiger partial charge is 0.202 e. The largest absolute Gasteiger partial charge is 0.507 e. The molecule has 2 aromatic carbocycles. The van der Waals surface area contributed by atoms with E-state index >= 15 is 0 Å². The summed E-state index contributed by atoms with van der Waals surface area (Å²) in [6, 6.07) is 3.64. The van der Waals surface area contributed by atoms with Crippen LogP contribution in [0.15, 0.2) is 18.2 Å². The molecule has 1 fully saturated rings. The van der Waals surface area contributed by atoms with Crippen LogP contribution in [0.3, 0.4) is 0 Å². The highest BCUT2D eigenvalue weighted by Crippen LogP contribution is 2.52. The lowest BCUT2D eigenvalue weighted by molar-refractivity contribution is -0.247. The first-order chi connectivity index (χ1) is 18.4. The summed E-state index contributed by atoms with van der Waals surface area (Å²) in [5.74, 6) is -3.77. The van der Waals surface area contributed by atoms with Crippen LogP contribution in [-0.2, 0) is 20.7 Å². The maximum absolute atomic E-state index is 13.6. The maximum Gasteiger partial charge on any atom is 0.202 e. The average Bonchev–Trinajstić information content (AvgIpc) is 2.90. The molecule has 0 radical (unpaired) electrons. The molecule has 1 aliphatic heterocycles. The summed E-state index contributed by atoms with van der Waals surface area (Å²) >= 11 is 0. The van der Waals surface area contributed by atoms with Crippen LogP contribution in [0.2, 0.25) is 0 Å². The Labute approximate surface area is 245 Å². The number of hydrogen-bond donors (Lipinski definition) is 6. The fraction of sp³-hybridized carbons (Fsp3) is 0.444. The van der Waals surface area contributed by atoms with Gasteiger partial charge >= 0.3 is 0 Å². The molecule has 0 bridgehead atoms. The van der Waals surface area contributed by atoms with Crippen molar-refractivity contribution in [1.29, 1.82) is 0 Å². The van der Waals surface area contributed by atoms with Gasteiger partial charge in [-0.15, -0.1) is 24.0 Å².